The number of esters is 2. The van der Waals surface area contributed by atoms with Crippen molar-refractivity contribution in [2.24, 2.45) is 0 Å². The molecule has 0 heterocycles. The van der Waals surface area contributed by atoms with E-state index in [1.54, 1.807) is 86.6 Å². The second kappa shape index (κ2) is 41.8. The molecule has 1 N–H and O–H groups in total. The Labute approximate surface area is 595 Å². The molecule has 0 amide bonds. The first-order valence-corrected chi connectivity index (χ1v) is 32.7. The monoisotopic (exact) mass is 1350 g/mol. The number of hydrogen-bond acceptors (Lipinski definition) is 21. The first kappa shape index (κ1) is 84.4. The maximum absolute atomic E-state index is 13.0. The maximum atomic E-state index is 13.0. The largest absolute Gasteiger partial charge is 1.00 e. The van der Waals surface area contributed by atoms with Gasteiger partial charge in [0.05, 0.1) is 32.3 Å². The molecule has 0 aliphatic carbocycles. The zero-order valence-corrected chi connectivity index (χ0v) is 61.4. The molecule has 4 unspecified atom stereocenters. The molecule has 20 nitrogen and oxygen atoms in total. The molecule has 0 radical (unpaired) electrons. The summed E-state index contributed by atoms with van der Waals surface area (Å²) in [7, 11) is -6.13. The van der Waals surface area contributed by atoms with E-state index in [4.69, 9.17) is 48.0 Å². The summed E-state index contributed by atoms with van der Waals surface area (Å²) in [6.07, 6.45) is 8.88. The van der Waals surface area contributed by atoms with Gasteiger partial charge in [0.25, 0.3) is 15.5 Å². The van der Waals surface area contributed by atoms with Crippen molar-refractivity contribution in [2.75, 3.05) is 27.4 Å². The first-order chi connectivity index (χ1) is 40.4. The maximum Gasteiger partial charge on any atom is 1.00 e. The van der Waals surface area contributed by atoms with Crippen LogP contribution in [0, 0.1) is 0 Å². The number of methoxy groups -OCH3 is 2. The van der Waals surface area contributed by atoms with E-state index in [9.17, 15) is 43.3 Å². The Morgan fingerprint density at radius 1 is 0.539 bits per heavy atom. The number of carbonyl (C=O) groups excluding carboxylic acids is 3. The van der Waals surface area contributed by atoms with Crippen LogP contribution in [0.15, 0.2) is 165 Å². The first-order valence-electron chi connectivity index (χ1n) is 26.5. The van der Waals surface area contributed by atoms with Crippen molar-refractivity contribution in [3.05, 3.63) is 179 Å². The van der Waals surface area contributed by atoms with Crippen LogP contribution in [0.5, 0.6) is 23.0 Å². The SMILES string of the molecule is CCOC(=O)/C=C/c1ccc(OS(=O)(=O)c2ccc(C(CC)CC(C)c3ccc(S(=O)(=O)Cl)cc3)cc2)c(OC)c1.CCOC(=O)/C=C/c1ccc(OS(=O)(=O)c2ccc(C(CC)CC(C)c3ccc([S-](=O)=O)cc3)cc2)c(OC)c1.O=CO[O-].[H-].[Na+].[Na+].[Na+].[OH-]. The van der Waals surface area contributed by atoms with Gasteiger partial charge in [-0.15, -0.1) is 0 Å². The quantitative estimate of drug-likeness (QED) is 0.00823. The Balaban J connectivity index is 0. The molecule has 4 atom stereocenters. The summed E-state index contributed by atoms with van der Waals surface area (Å²) < 4.78 is 129. The molecule has 0 saturated carbocycles. The predicted molar refractivity (Wildman–Crippen MR) is 321 cm³/mol. The number of ether oxygens (including phenoxy) is 4. The Kier molecular flexibility index (Phi) is 39.7. The molecule has 0 bridgehead atoms. The second-order valence-corrected chi connectivity index (χ2v) is 25.3. The van der Waals surface area contributed by atoms with Gasteiger partial charge in [-0.05, 0) is 180 Å². The van der Waals surface area contributed by atoms with E-state index in [2.05, 4.69) is 32.6 Å². The van der Waals surface area contributed by atoms with Crippen molar-refractivity contribution in [3.8, 4) is 23.0 Å². The smallest absolute Gasteiger partial charge is 1.00 e. The number of carbonyl (C=O) groups is 3. The van der Waals surface area contributed by atoms with Gasteiger partial charge >= 0.3 is 121 Å². The normalized spacial score (nSPS) is 12.4. The van der Waals surface area contributed by atoms with Crippen LogP contribution in [0.25, 0.3) is 12.2 Å². The summed E-state index contributed by atoms with van der Waals surface area (Å²) in [6, 6.07) is 35.8. The molecule has 0 aromatic heterocycles. The van der Waals surface area contributed by atoms with Crippen LogP contribution >= 0.6 is 10.7 Å². The van der Waals surface area contributed by atoms with E-state index < -0.39 is 51.9 Å². The minimum absolute atomic E-state index is 0. The average Bonchev–Trinajstić information content (AvgIpc) is 1.21. The fraction of sp³-hybridized carbons (Fsp3) is 0.295. The number of benzene rings is 6. The van der Waals surface area contributed by atoms with Crippen LogP contribution in [0.1, 0.15) is 126 Å². The fourth-order valence-electron chi connectivity index (χ4n) is 8.64. The van der Waals surface area contributed by atoms with Crippen molar-refractivity contribution in [3.63, 3.8) is 0 Å². The molecule has 89 heavy (non-hydrogen) atoms. The van der Waals surface area contributed by atoms with Crippen LogP contribution in [0.4, 0.5) is 0 Å². The molecule has 0 saturated heterocycles. The van der Waals surface area contributed by atoms with Gasteiger partial charge in [-0.1, -0.05) is 105 Å². The molecular weight excluding hydrogens is 1290 g/mol. The van der Waals surface area contributed by atoms with E-state index >= 15 is 0 Å². The summed E-state index contributed by atoms with van der Waals surface area (Å²) in [5.74, 6) is 0.0659. The minimum atomic E-state index is -4.16. The summed E-state index contributed by atoms with van der Waals surface area (Å²) in [4.78, 5) is 34.7. The van der Waals surface area contributed by atoms with E-state index in [0.717, 1.165) is 47.9 Å². The van der Waals surface area contributed by atoms with E-state index in [1.807, 2.05) is 12.1 Å². The van der Waals surface area contributed by atoms with Gasteiger partial charge in [0, 0.05) is 22.8 Å². The number of rotatable bonds is 27. The second-order valence-electron chi connectivity index (χ2n) is 18.7. The van der Waals surface area contributed by atoms with Crippen molar-refractivity contribution in [2.45, 2.75) is 110 Å². The number of hydrogen-bond donors (Lipinski definition) is 0. The summed E-state index contributed by atoms with van der Waals surface area (Å²) in [6.45, 7) is 12.0. The predicted octanol–water partition coefficient (Wildman–Crippen LogP) is 2.43. The van der Waals surface area contributed by atoms with Gasteiger partial charge in [-0.2, -0.15) is 16.8 Å². The van der Waals surface area contributed by atoms with Gasteiger partial charge in [-0.25, -0.2) is 18.0 Å². The molecule has 28 heteroatoms. The van der Waals surface area contributed by atoms with E-state index in [0.29, 0.717) is 11.1 Å². The third-order valence-electron chi connectivity index (χ3n) is 13.1. The van der Waals surface area contributed by atoms with E-state index in [1.165, 1.54) is 87.1 Å². The summed E-state index contributed by atoms with van der Waals surface area (Å²) >= 11 is 0. The Morgan fingerprint density at radius 3 is 1.16 bits per heavy atom. The fourth-order valence-corrected chi connectivity index (χ4v) is 11.6. The van der Waals surface area contributed by atoms with Gasteiger partial charge in [0.1, 0.15) is 9.79 Å². The Hall–Kier alpha value is -4.58. The van der Waals surface area contributed by atoms with Gasteiger partial charge in [0.15, 0.2) is 23.0 Å². The van der Waals surface area contributed by atoms with Crippen LogP contribution < -0.4 is 112 Å². The minimum Gasteiger partial charge on any atom is -1.00 e. The third kappa shape index (κ3) is 27.3. The van der Waals surface area contributed by atoms with Crippen LogP contribution in [-0.4, -0.2) is 76.6 Å². The third-order valence-corrected chi connectivity index (χ3v) is 17.6. The summed E-state index contributed by atoms with van der Waals surface area (Å²) in [5.41, 5.74) is 5.21. The van der Waals surface area contributed by atoms with Gasteiger partial charge in [0.2, 0.25) is 0 Å². The topological polar surface area (TPSA) is 305 Å². The standard InChI is InChI=1S/C30H33ClO8S2.C30H33O8S2.CH2O3.3Na.H2O.H/c1-5-23(19-21(3)24-9-13-26(14-10-24)40(31,33)34)25-11-15-27(16-12-25)41(35,36)39-28-17-7-22(20-29(28)37-4)8-18-30(32)38-6-2;1-5-23(19-21(3)24-9-13-26(14-10-24)39(32)33)25-11-15-27(16-12-25)40(34,35)38-28-17-7-22(20-29(28)36-4)8-18-30(31)37-6-2;2-1-4-3;;;;;/h7-18,20-21,23H,5-6,19H2,1-4H3;7-18,20-21,23H,5-6,19H2,1-4H3;1,3H;;;;1H2;/q;-1;;3*+1;;-1/p-2/b2*18-8+;;;;;;. The zero-order valence-electron chi connectivity index (χ0n) is 52.4. The van der Waals surface area contributed by atoms with Crippen molar-refractivity contribution in [1.82, 2.24) is 0 Å². The Morgan fingerprint density at radius 2 is 0.865 bits per heavy atom. The molecule has 6 aromatic rings. The molecule has 0 spiro atoms. The molecule has 0 aliphatic rings. The average molecular weight is 1350 g/mol. The molecule has 6 rings (SSSR count). The zero-order chi connectivity index (χ0) is 62.9. The Bertz CT molecular complexity index is 3660. The summed E-state index contributed by atoms with van der Waals surface area (Å²) in [5, 5.41) is 8.43. The number of halogens is 1. The van der Waals surface area contributed by atoms with Gasteiger partial charge in [-0.3, -0.25) is 4.79 Å². The van der Waals surface area contributed by atoms with Crippen molar-refractivity contribution >= 4 is 81.2 Å². The molecule has 0 fully saturated rings. The van der Waals surface area contributed by atoms with Crippen LogP contribution in [-0.2, 0) is 77.2 Å². The van der Waals surface area contributed by atoms with Crippen LogP contribution in [0.3, 0.4) is 0 Å². The van der Waals surface area contributed by atoms with Crippen molar-refractivity contribution in [1.29, 1.82) is 0 Å². The van der Waals surface area contributed by atoms with Gasteiger partial charge < -0.3 is 52.8 Å². The van der Waals surface area contributed by atoms with E-state index in [-0.39, 0.29) is 182 Å². The van der Waals surface area contributed by atoms with Crippen LogP contribution in [0.2, 0.25) is 0 Å². The molecular formula is C61H69ClNa3O20S4-. The molecule has 468 valence electrons. The molecule has 0 aliphatic heterocycles. The molecule has 6 aromatic carbocycles. The van der Waals surface area contributed by atoms with Crippen molar-refractivity contribution < 1.29 is 181 Å².